The number of para-hydroxylation sites is 1. The minimum absolute atomic E-state index is 0.0142. The summed E-state index contributed by atoms with van der Waals surface area (Å²) in [6.45, 7) is -0.0142. The molecular formula is C17H12N4O2. The predicted molar refractivity (Wildman–Crippen MR) is 83.8 cm³/mol. The van der Waals surface area contributed by atoms with Crippen LogP contribution < -0.4 is 0 Å². The van der Waals surface area contributed by atoms with Gasteiger partial charge in [0.25, 0.3) is 0 Å². The molecule has 0 unspecified atom stereocenters. The van der Waals surface area contributed by atoms with E-state index in [2.05, 4.69) is 15.4 Å². The van der Waals surface area contributed by atoms with Crippen LogP contribution in [0.2, 0.25) is 0 Å². The second-order valence-electron chi connectivity index (χ2n) is 5.08. The van der Waals surface area contributed by atoms with Gasteiger partial charge in [0, 0.05) is 10.9 Å². The molecule has 112 valence electrons. The Balaban J connectivity index is 1.56. The summed E-state index contributed by atoms with van der Waals surface area (Å²) in [6.07, 6.45) is 0. The van der Waals surface area contributed by atoms with E-state index >= 15 is 0 Å². The molecule has 4 aromatic rings. The molecule has 4 rings (SSSR count). The van der Waals surface area contributed by atoms with Gasteiger partial charge >= 0.3 is 0 Å². The van der Waals surface area contributed by atoms with Crippen LogP contribution in [-0.4, -0.2) is 26.0 Å². The van der Waals surface area contributed by atoms with Crippen molar-refractivity contribution >= 4 is 16.8 Å². The number of Topliss-reactive ketones (excluding diaryl/α,β-unsaturated/α-hetero) is 1. The standard InChI is InChI=1S/C17H12N4O2/c22-14(16-10-13-8-4-5-9-15(13)23-16)11-21-19-17(18-20-21)12-6-2-1-3-7-12/h1-10H,11H2. The fourth-order valence-corrected chi connectivity index (χ4v) is 2.34. The minimum atomic E-state index is -0.196. The summed E-state index contributed by atoms with van der Waals surface area (Å²) < 4.78 is 5.55. The molecule has 0 N–H and O–H groups in total. The molecule has 0 radical (unpaired) electrons. The summed E-state index contributed by atoms with van der Waals surface area (Å²) in [5.41, 5.74) is 1.54. The molecule has 2 aromatic heterocycles. The van der Waals surface area contributed by atoms with Crippen LogP contribution in [0.25, 0.3) is 22.4 Å². The van der Waals surface area contributed by atoms with E-state index in [0.717, 1.165) is 10.9 Å². The van der Waals surface area contributed by atoms with E-state index in [-0.39, 0.29) is 12.3 Å². The van der Waals surface area contributed by atoms with Crippen LogP contribution in [0.1, 0.15) is 10.6 Å². The second-order valence-corrected chi connectivity index (χ2v) is 5.08. The fraction of sp³-hybridized carbons (Fsp3) is 0.0588. The van der Waals surface area contributed by atoms with Crippen LogP contribution in [0.15, 0.2) is 65.1 Å². The number of fused-ring (bicyclic) bond motifs is 1. The Bertz CT molecular complexity index is 939. The first-order valence-electron chi connectivity index (χ1n) is 7.14. The number of benzene rings is 2. The Morgan fingerprint density at radius 2 is 1.83 bits per heavy atom. The fourth-order valence-electron chi connectivity index (χ4n) is 2.34. The van der Waals surface area contributed by atoms with Gasteiger partial charge in [0.1, 0.15) is 12.1 Å². The molecule has 0 bridgehead atoms. The van der Waals surface area contributed by atoms with Crippen molar-refractivity contribution in [3.63, 3.8) is 0 Å². The molecule has 0 saturated carbocycles. The molecule has 0 aliphatic heterocycles. The first-order valence-corrected chi connectivity index (χ1v) is 7.14. The SMILES string of the molecule is O=C(Cn1nnc(-c2ccccc2)n1)c1cc2ccccc2o1. The maximum absolute atomic E-state index is 12.3. The van der Waals surface area contributed by atoms with Crippen LogP contribution in [0.4, 0.5) is 0 Å². The van der Waals surface area contributed by atoms with Crippen LogP contribution in [0.3, 0.4) is 0 Å². The Kier molecular flexibility index (Phi) is 3.20. The first-order chi connectivity index (χ1) is 11.3. The summed E-state index contributed by atoms with van der Waals surface area (Å²) in [7, 11) is 0. The molecule has 6 heteroatoms. The highest BCUT2D eigenvalue weighted by Gasteiger charge is 2.15. The van der Waals surface area contributed by atoms with Gasteiger partial charge in [-0.2, -0.15) is 4.80 Å². The van der Waals surface area contributed by atoms with Gasteiger partial charge in [0.05, 0.1) is 0 Å². The number of carbonyl (C=O) groups excluding carboxylic acids is 1. The van der Waals surface area contributed by atoms with Gasteiger partial charge in [0.15, 0.2) is 5.76 Å². The predicted octanol–water partition coefficient (Wildman–Crippen LogP) is 2.97. The van der Waals surface area contributed by atoms with Gasteiger partial charge in [0.2, 0.25) is 11.6 Å². The molecule has 0 amide bonds. The van der Waals surface area contributed by atoms with E-state index in [1.165, 1.54) is 4.80 Å². The number of tetrazole rings is 1. The quantitative estimate of drug-likeness (QED) is 0.542. The number of aromatic nitrogens is 4. The number of rotatable bonds is 4. The van der Waals surface area contributed by atoms with Gasteiger partial charge < -0.3 is 4.42 Å². The lowest BCUT2D eigenvalue weighted by atomic mass is 10.2. The van der Waals surface area contributed by atoms with E-state index in [9.17, 15) is 4.79 Å². The van der Waals surface area contributed by atoms with Crippen molar-refractivity contribution in [1.82, 2.24) is 20.2 Å². The Hall–Kier alpha value is -3.28. The largest absolute Gasteiger partial charge is 0.453 e. The average Bonchev–Trinajstić information content (AvgIpc) is 3.22. The molecule has 0 saturated heterocycles. The lowest BCUT2D eigenvalue weighted by Gasteiger charge is -1.95. The third kappa shape index (κ3) is 2.62. The van der Waals surface area contributed by atoms with Crippen molar-refractivity contribution in [2.24, 2.45) is 0 Å². The molecule has 6 nitrogen and oxygen atoms in total. The highest BCUT2D eigenvalue weighted by Crippen LogP contribution is 2.19. The maximum Gasteiger partial charge on any atom is 0.221 e. The summed E-state index contributed by atoms with van der Waals surface area (Å²) in [5, 5.41) is 13.0. The topological polar surface area (TPSA) is 73.8 Å². The summed E-state index contributed by atoms with van der Waals surface area (Å²) in [4.78, 5) is 13.6. The van der Waals surface area contributed by atoms with Crippen LogP contribution >= 0.6 is 0 Å². The van der Waals surface area contributed by atoms with Crippen molar-refractivity contribution in [2.45, 2.75) is 6.54 Å². The second kappa shape index (κ2) is 5.49. The molecule has 0 atom stereocenters. The van der Waals surface area contributed by atoms with Crippen molar-refractivity contribution < 1.29 is 9.21 Å². The summed E-state index contributed by atoms with van der Waals surface area (Å²) >= 11 is 0. The zero-order valence-corrected chi connectivity index (χ0v) is 12.1. The van der Waals surface area contributed by atoms with E-state index in [1.54, 1.807) is 6.07 Å². The molecule has 0 spiro atoms. The minimum Gasteiger partial charge on any atom is -0.453 e. The molecule has 23 heavy (non-hydrogen) atoms. The highest BCUT2D eigenvalue weighted by atomic mass is 16.3. The zero-order valence-electron chi connectivity index (χ0n) is 12.1. The normalized spacial score (nSPS) is 11.0. The number of hydrogen-bond donors (Lipinski definition) is 0. The van der Waals surface area contributed by atoms with E-state index < -0.39 is 0 Å². The Morgan fingerprint density at radius 3 is 2.65 bits per heavy atom. The van der Waals surface area contributed by atoms with Crippen LogP contribution in [-0.2, 0) is 6.54 Å². The first kappa shape index (κ1) is 13.4. The smallest absolute Gasteiger partial charge is 0.221 e. The number of ketones is 1. The number of nitrogens with zero attached hydrogens (tertiary/aromatic N) is 4. The van der Waals surface area contributed by atoms with E-state index in [0.29, 0.717) is 17.2 Å². The maximum atomic E-state index is 12.3. The van der Waals surface area contributed by atoms with E-state index in [4.69, 9.17) is 4.42 Å². The lowest BCUT2D eigenvalue weighted by molar-refractivity contribution is 0.0936. The van der Waals surface area contributed by atoms with Crippen molar-refractivity contribution in [1.29, 1.82) is 0 Å². The summed E-state index contributed by atoms with van der Waals surface area (Å²) in [5.74, 6) is 0.589. The highest BCUT2D eigenvalue weighted by molar-refractivity contribution is 5.97. The van der Waals surface area contributed by atoms with Crippen molar-refractivity contribution in [3.8, 4) is 11.4 Å². The van der Waals surface area contributed by atoms with Crippen molar-refractivity contribution in [2.75, 3.05) is 0 Å². The number of furan rings is 1. The lowest BCUT2D eigenvalue weighted by Crippen LogP contribution is -2.12. The third-order valence-corrected chi connectivity index (χ3v) is 3.47. The monoisotopic (exact) mass is 304 g/mol. The number of carbonyl (C=O) groups is 1. The average molecular weight is 304 g/mol. The Morgan fingerprint density at radius 1 is 1.04 bits per heavy atom. The van der Waals surface area contributed by atoms with Gasteiger partial charge in [-0.25, -0.2) is 0 Å². The van der Waals surface area contributed by atoms with Crippen LogP contribution in [0, 0.1) is 0 Å². The van der Waals surface area contributed by atoms with Crippen LogP contribution in [0.5, 0.6) is 0 Å². The summed E-state index contributed by atoms with van der Waals surface area (Å²) in [6, 6.07) is 18.7. The van der Waals surface area contributed by atoms with Gasteiger partial charge in [-0.1, -0.05) is 48.5 Å². The third-order valence-electron chi connectivity index (χ3n) is 3.47. The Labute approximate surface area is 131 Å². The zero-order chi connectivity index (χ0) is 15.6. The molecule has 0 aliphatic carbocycles. The van der Waals surface area contributed by atoms with Gasteiger partial charge in [-0.3, -0.25) is 4.79 Å². The molecule has 0 fully saturated rings. The molecule has 2 heterocycles. The number of hydrogen-bond acceptors (Lipinski definition) is 5. The molecular weight excluding hydrogens is 292 g/mol. The van der Waals surface area contributed by atoms with E-state index in [1.807, 2.05) is 54.6 Å². The van der Waals surface area contributed by atoms with Gasteiger partial charge in [-0.05, 0) is 17.3 Å². The van der Waals surface area contributed by atoms with Crippen molar-refractivity contribution in [3.05, 3.63) is 66.4 Å². The van der Waals surface area contributed by atoms with Gasteiger partial charge in [-0.15, -0.1) is 10.2 Å². The molecule has 0 aliphatic rings. The molecule has 2 aromatic carbocycles.